The normalized spacial score (nSPS) is 20.8. The molecule has 1 spiro atoms. The summed E-state index contributed by atoms with van der Waals surface area (Å²) in [5, 5.41) is 9.15. The molecule has 2 fully saturated rings. The molecule has 7 nitrogen and oxygen atoms in total. The molecule has 10 heteroatoms. The Labute approximate surface area is 191 Å². The van der Waals surface area contributed by atoms with Crippen molar-refractivity contribution in [3.05, 3.63) is 29.8 Å². The van der Waals surface area contributed by atoms with Crippen molar-refractivity contribution in [1.29, 1.82) is 0 Å². The molecule has 2 heterocycles. The lowest BCUT2D eigenvalue weighted by Gasteiger charge is -2.52. The summed E-state index contributed by atoms with van der Waals surface area (Å²) in [6.07, 6.45) is -0.244. The van der Waals surface area contributed by atoms with Gasteiger partial charge in [0.05, 0.1) is 12.3 Å². The van der Waals surface area contributed by atoms with E-state index in [0.29, 0.717) is 32.1 Å². The fraction of sp³-hybridized carbons (Fsp3) is 0.609. The summed E-state index contributed by atoms with van der Waals surface area (Å²) in [6, 6.07) is 6.12. The third kappa shape index (κ3) is 5.42. The zero-order valence-electron chi connectivity index (χ0n) is 19.0. The number of hydrogen-bond acceptors (Lipinski definition) is 5. The molecule has 0 bridgehead atoms. The topological polar surface area (TPSA) is 69.5 Å². The Bertz CT molecular complexity index is 930. The van der Waals surface area contributed by atoms with E-state index in [1.54, 1.807) is 11.1 Å². The Hall–Kier alpha value is -2.78. The van der Waals surface area contributed by atoms with E-state index in [2.05, 4.69) is 20.1 Å². The number of carbonyl (C=O) groups is 1. The third-order valence-electron chi connectivity index (χ3n) is 6.88. The second-order valence-corrected chi connectivity index (χ2v) is 9.02. The van der Waals surface area contributed by atoms with Gasteiger partial charge < -0.3 is 9.64 Å². The molecule has 1 aromatic rings. The third-order valence-corrected chi connectivity index (χ3v) is 6.88. The van der Waals surface area contributed by atoms with Gasteiger partial charge in [0.25, 0.3) is 0 Å². The summed E-state index contributed by atoms with van der Waals surface area (Å²) in [5.74, 6) is 0.543. The van der Waals surface area contributed by atoms with Gasteiger partial charge in [-0.3, -0.25) is 5.32 Å². The predicted octanol–water partition coefficient (Wildman–Crippen LogP) is 4.71. The van der Waals surface area contributed by atoms with Crippen molar-refractivity contribution >= 4 is 17.7 Å². The number of guanidine groups is 1. The van der Waals surface area contributed by atoms with Gasteiger partial charge in [-0.25, -0.2) is 14.8 Å². The largest absolute Gasteiger partial charge is 0.573 e. The number of hydrogen-bond donors (Lipinski definition) is 1. The van der Waals surface area contributed by atoms with Crippen LogP contribution in [0.4, 0.5) is 18.0 Å². The number of likely N-dealkylation sites (tertiary alicyclic amines) is 1. The number of nitrogens with one attached hydrogen (secondary N) is 1. The monoisotopic (exact) mass is 465 g/mol. The number of carbonyl (C=O) groups excluding carboxylic acids is 1. The van der Waals surface area contributed by atoms with E-state index in [0.717, 1.165) is 43.4 Å². The van der Waals surface area contributed by atoms with Crippen LogP contribution < -0.4 is 10.1 Å². The van der Waals surface area contributed by atoms with Gasteiger partial charge in [0, 0.05) is 19.6 Å². The number of alkyl halides is 3. The second kappa shape index (κ2) is 9.23. The van der Waals surface area contributed by atoms with E-state index in [1.165, 1.54) is 12.1 Å². The molecule has 1 aromatic carbocycles. The molecule has 3 aliphatic rings. The van der Waals surface area contributed by atoms with Crippen molar-refractivity contribution < 1.29 is 22.7 Å². The van der Waals surface area contributed by atoms with Gasteiger partial charge >= 0.3 is 12.4 Å². The van der Waals surface area contributed by atoms with Crippen LogP contribution in [0.15, 0.2) is 34.4 Å². The quantitative estimate of drug-likeness (QED) is 0.700. The Morgan fingerprint density at radius 1 is 1.24 bits per heavy atom. The van der Waals surface area contributed by atoms with E-state index in [9.17, 15) is 18.0 Å². The zero-order valence-corrected chi connectivity index (χ0v) is 19.0. The molecule has 4 rings (SSSR count). The van der Waals surface area contributed by atoms with Crippen LogP contribution in [0, 0.1) is 5.41 Å². The van der Waals surface area contributed by atoms with Crippen LogP contribution in [0.5, 0.6) is 5.75 Å². The number of aliphatic imine (C=N–C) groups is 1. The van der Waals surface area contributed by atoms with Gasteiger partial charge in [0.1, 0.15) is 5.75 Å². The summed E-state index contributed by atoms with van der Waals surface area (Å²) < 4.78 is 41.6. The highest BCUT2D eigenvalue weighted by atomic mass is 19.4. The van der Waals surface area contributed by atoms with Crippen LogP contribution in [0.2, 0.25) is 0 Å². The lowest BCUT2D eigenvalue weighted by atomic mass is 9.56. The van der Waals surface area contributed by atoms with Gasteiger partial charge in [0.2, 0.25) is 5.96 Å². The summed E-state index contributed by atoms with van der Waals surface area (Å²) >= 11 is 0. The van der Waals surface area contributed by atoms with E-state index < -0.39 is 6.36 Å². The van der Waals surface area contributed by atoms with E-state index in [4.69, 9.17) is 0 Å². The maximum atomic E-state index is 12.8. The molecule has 0 radical (unpaired) electrons. The molecule has 1 aliphatic carbocycles. The van der Waals surface area contributed by atoms with Crippen LogP contribution in [0.1, 0.15) is 57.4 Å². The number of ether oxygens (including phenoxy) is 1. The fourth-order valence-electron chi connectivity index (χ4n) is 4.96. The number of amides is 2. The van der Waals surface area contributed by atoms with Gasteiger partial charge in [-0.1, -0.05) is 19.1 Å². The van der Waals surface area contributed by atoms with Crippen LogP contribution in [-0.2, 0) is 0 Å². The van der Waals surface area contributed by atoms with Crippen molar-refractivity contribution in [2.45, 2.75) is 58.2 Å². The molecule has 2 amide bonds. The van der Waals surface area contributed by atoms with Gasteiger partial charge in [0.15, 0.2) is 0 Å². The predicted molar refractivity (Wildman–Crippen MR) is 119 cm³/mol. The molecular formula is C23H30F3N5O2. The Kier molecular flexibility index (Phi) is 6.54. The average Bonchev–Trinajstić information content (AvgIpc) is 2.76. The van der Waals surface area contributed by atoms with Crippen molar-refractivity contribution in [2.75, 3.05) is 26.2 Å². The number of halogens is 3. The van der Waals surface area contributed by atoms with Gasteiger partial charge in [-0.05, 0) is 68.1 Å². The lowest BCUT2D eigenvalue weighted by Crippen LogP contribution is -2.54. The van der Waals surface area contributed by atoms with Crippen molar-refractivity contribution in [3.8, 4) is 5.75 Å². The summed E-state index contributed by atoms with van der Waals surface area (Å²) in [6.45, 7) is 6.43. The average molecular weight is 466 g/mol. The number of urea groups is 1. The van der Waals surface area contributed by atoms with Crippen molar-refractivity contribution in [1.82, 2.24) is 15.2 Å². The minimum atomic E-state index is -4.69. The summed E-state index contributed by atoms with van der Waals surface area (Å²) in [5.41, 5.74) is 2.02. The Morgan fingerprint density at radius 3 is 2.61 bits per heavy atom. The minimum Gasteiger partial charge on any atom is -0.406 e. The van der Waals surface area contributed by atoms with Crippen LogP contribution >= 0.6 is 0 Å². The first-order valence-electron chi connectivity index (χ1n) is 11.5. The molecule has 1 N–H and O–H groups in total. The molecule has 0 atom stereocenters. The van der Waals surface area contributed by atoms with Gasteiger partial charge in [-0.2, -0.15) is 5.10 Å². The van der Waals surface area contributed by atoms with E-state index in [-0.39, 0.29) is 23.1 Å². The number of rotatable bonds is 4. The van der Waals surface area contributed by atoms with E-state index >= 15 is 0 Å². The number of nitrogens with zero attached hydrogens (tertiary/aromatic N) is 4. The number of piperidine rings is 1. The second-order valence-electron chi connectivity index (χ2n) is 9.02. The highest BCUT2D eigenvalue weighted by molar-refractivity contribution is 6.00. The molecule has 0 aromatic heterocycles. The van der Waals surface area contributed by atoms with E-state index in [1.807, 2.05) is 24.8 Å². The Balaban J connectivity index is 1.27. The van der Waals surface area contributed by atoms with Gasteiger partial charge in [-0.15, -0.1) is 13.2 Å². The number of hydrazone groups is 1. The van der Waals surface area contributed by atoms with Crippen LogP contribution in [-0.4, -0.2) is 60.2 Å². The number of benzene rings is 1. The zero-order chi connectivity index (χ0) is 23.6. The molecule has 0 unspecified atom stereocenters. The molecule has 1 saturated carbocycles. The smallest absolute Gasteiger partial charge is 0.406 e. The first kappa shape index (κ1) is 23.4. The molecule has 180 valence electrons. The Morgan fingerprint density at radius 2 is 1.97 bits per heavy atom. The molecular weight excluding hydrogens is 435 g/mol. The highest BCUT2D eigenvalue weighted by Gasteiger charge is 2.47. The fourth-order valence-corrected chi connectivity index (χ4v) is 4.96. The maximum absolute atomic E-state index is 12.8. The molecule has 1 saturated heterocycles. The van der Waals surface area contributed by atoms with Crippen molar-refractivity contribution in [3.63, 3.8) is 0 Å². The summed E-state index contributed by atoms with van der Waals surface area (Å²) in [4.78, 5) is 19.1. The maximum Gasteiger partial charge on any atom is 0.573 e. The van der Waals surface area contributed by atoms with Crippen LogP contribution in [0.25, 0.3) is 0 Å². The first-order valence-corrected chi connectivity index (χ1v) is 11.5. The molecule has 2 aliphatic heterocycles. The SMILES string of the molecule is CCC1=NN(CC)C(NC(=O)N2CCC3(CC2)CC(c2cccc(OC(F)(F)F)c2)C3)=NC1. The molecule has 33 heavy (non-hydrogen) atoms. The highest BCUT2D eigenvalue weighted by Crippen LogP contribution is 2.56. The summed E-state index contributed by atoms with van der Waals surface area (Å²) in [7, 11) is 0. The first-order chi connectivity index (χ1) is 15.7. The minimum absolute atomic E-state index is 0.153. The van der Waals surface area contributed by atoms with Crippen LogP contribution in [0.3, 0.4) is 0 Å². The van der Waals surface area contributed by atoms with Crippen molar-refractivity contribution in [2.24, 2.45) is 15.5 Å². The standard InChI is InChI=1S/C23H30F3N5O2/c1-3-18-15-27-20(31(4-2)29-18)28-21(32)30-10-8-22(9-11-30)13-17(14-22)16-6-5-7-19(12-16)33-23(24,25)26/h5-7,12,17H,3-4,8-11,13-15H2,1-2H3,(H,27,28,32). The lowest BCUT2D eigenvalue weighted by molar-refractivity contribution is -0.274.